The number of nitrogens with zero attached hydrogens (tertiary/aromatic N) is 2. The first-order valence-electron chi connectivity index (χ1n) is 8.44. The van der Waals surface area contributed by atoms with E-state index in [2.05, 4.69) is 24.7 Å². The Kier molecular flexibility index (Phi) is 6.20. The van der Waals surface area contributed by atoms with Crippen LogP contribution >= 0.6 is 0 Å². The van der Waals surface area contributed by atoms with E-state index in [1.165, 1.54) is 25.8 Å². The number of carbonyl (C=O) groups is 2. The van der Waals surface area contributed by atoms with Crippen molar-refractivity contribution in [3.8, 4) is 5.75 Å². The molecule has 0 radical (unpaired) electrons. The zero-order valence-electron chi connectivity index (χ0n) is 16.2. The van der Waals surface area contributed by atoms with Crippen molar-refractivity contribution in [2.24, 2.45) is 0 Å². The Bertz CT molecular complexity index is 823. The summed E-state index contributed by atoms with van der Waals surface area (Å²) in [5, 5.41) is 4.94. The standard InChI is InChI=1S/C18H26N2O5Si/c1-12(21)17-15-14(23-2)8-7-13(18(22)24-3)16(15)19-20(17)11-25-9-10-26(4,5)6/h7-8H,9-11H2,1-6H3. The van der Waals surface area contributed by atoms with Gasteiger partial charge < -0.3 is 14.2 Å². The molecule has 1 heterocycles. The van der Waals surface area contributed by atoms with Crippen LogP contribution in [0.3, 0.4) is 0 Å². The van der Waals surface area contributed by atoms with E-state index in [1.54, 1.807) is 12.1 Å². The van der Waals surface area contributed by atoms with Crippen LogP contribution in [-0.4, -0.2) is 50.4 Å². The van der Waals surface area contributed by atoms with Crippen molar-refractivity contribution < 1.29 is 23.8 Å². The fourth-order valence-electron chi connectivity index (χ4n) is 2.63. The lowest BCUT2D eigenvalue weighted by atomic mass is 10.1. The molecule has 7 nitrogen and oxygen atoms in total. The maximum Gasteiger partial charge on any atom is 0.340 e. The number of methoxy groups -OCH3 is 2. The predicted molar refractivity (Wildman–Crippen MR) is 102 cm³/mol. The van der Waals surface area contributed by atoms with Crippen molar-refractivity contribution >= 4 is 30.7 Å². The predicted octanol–water partition coefficient (Wildman–Crippen LogP) is 3.35. The molecule has 0 aliphatic carbocycles. The molecule has 2 aromatic rings. The molecule has 2 rings (SSSR count). The number of Topliss-reactive ketones (excluding diaryl/α,β-unsaturated/α-hetero) is 1. The molecule has 0 bridgehead atoms. The highest BCUT2D eigenvalue weighted by Crippen LogP contribution is 2.32. The molecule has 1 aromatic carbocycles. The molecule has 0 spiro atoms. The molecule has 0 unspecified atom stereocenters. The fraction of sp³-hybridized carbons (Fsp3) is 0.500. The van der Waals surface area contributed by atoms with E-state index in [0.29, 0.717) is 29.0 Å². The third-order valence-corrected chi connectivity index (χ3v) is 5.73. The van der Waals surface area contributed by atoms with Crippen molar-refractivity contribution in [1.29, 1.82) is 0 Å². The fourth-order valence-corrected chi connectivity index (χ4v) is 3.39. The third-order valence-electron chi connectivity index (χ3n) is 4.02. The molecule has 0 amide bonds. The minimum Gasteiger partial charge on any atom is -0.496 e. The smallest absolute Gasteiger partial charge is 0.340 e. The summed E-state index contributed by atoms with van der Waals surface area (Å²) in [6, 6.07) is 4.24. The molecule has 0 aliphatic heterocycles. The average molecular weight is 379 g/mol. The number of benzene rings is 1. The number of aromatic nitrogens is 2. The van der Waals surface area contributed by atoms with Gasteiger partial charge in [0.25, 0.3) is 0 Å². The van der Waals surface area contributed by atoms with Gasteiger partial charge in [-0.25, -0.2) is 9.48 Å². The maximum absolute atomic E-state index is 12.3. The largest absolute Gasteiger partial charge is 0.496 e. The van der Waals surface area contributed by atoms with Gasteiger partial charge in [-0.2, -0.15) is 5.10 Å². The second kappa shape index (κ2) is 8.01. The van der Waals surface area contributed by atoms with Crippen LogP contribution in [0.1, 0.15) is 27.8 Å². The average Bonchev–Trinajstić information content (AvgIpc) is 2.95. The maximum atomic E-state index is 12.3. The Morgan fingerprint density at radius 3 is 2.42 bits per heavy atom. The van der Waals surface area contributed by atoms with Gasteiger partial charge in [0, 0.05) is 21.6 Å². The SMILES string of the molecule is COC(=O)c1ccc(OC)c2c(C(C)=O)n(COCC[Si](C)(C)C)nc12. The van der Waals surface area contributed by atoms with Gasteiger partial charge in [0.15, 0.2) is 5.78 Å². The molecule has 0 aliphatic rings. The van der Waals surface area contributed by atoms with Gasteiger partial charge >= 0.3 is 5.97 Å². The highest BCUT2D eigenvalue weighted by molar-refractivity contribution is 6.76. The Morgan fingerprint density at radius 2 is 1.88 bits per heavy atom. The van der Waals surface area contributed by atoms with Gasteiger partial charge in [0.1, 0.15) is 23.7 Å². The number of fused-ring (bicyclic) bond motifs is 1. The lowest BCUT2D eigenvalue weighted by molar-refractivity contribution is 0.0602. The van der Waals surface area contributed by atoms with Crippen molar-refractivity contribution in [1.82, 2.24) is 9.78 Å². The Labute approximate surface area is 154 Å². The van der Waals surface area contributed by atoms with Gasteiger partial charge in [0.05, 0.1) is 25.2 Å². The van der Waals surface area contributed by atoms with Gasteiger partial charge in [0.2, 0.25) is 0 Å². The number of esters is 1. The van der Waals surface area contributed by atoms with E-state index in [4.69, 9.17) is 14.2 Å². The molecule has 142 valence electrons. The Balaban J connectivity index is 2.48. The molecular weight excluding hydrogens is 352 g/mol. The summed E-state index contributed by atoms with van der Waals surface area (Å²) in [6.07, 6.45) is 0. The zero-order chi connectivity index (χ0) is 19.5. The first-order chi connectivity index (χ1) is 12.2. The van der Waals surface area contributed by atoms with Crippen LogP contribution in [-0.2, 0) is 16.2 Å². The second-order valence-electron chi connectivity index (χ2n) is 7.28. The molecule has 0 atom stereocenters. The molecule has 26 heavy (non-hydrogen) atoms. The van der Waals surface area contributed by atoms with Crippen LogP contribution in [0.15, 0.2) is 12.1 Å². The minimum atomic E-state index is -1.21. The van der Waals surface area contributed by atoms with Gasteiger partial charge in [-0.15, -0.1) is 0 Å². The van der Waals surface area contributed by atoms with Crippen LogP contribution < -0.4 is 4.74 Å². The number of ether oxygens (including phenoxy) is 3. The summed E-state index contributed by atoms with van der Waals surface area (Å²) in [6.45, 7) is 9.01. The Hall–Kier alpha value is -2.19. The van der Waals surface area contributed by atoms with Gasteiger partial charge in [-0.1, -0.05) is 19.6 Å². The summed E-state index contributed by atoms with van der Waals surface area (Å²) in [5.74, 6) is -0.218. The summed E-state index contributed by atoms with van der Waals surface area (Å²) < 4.78 is 17.4. The zero-order valence-corrected chi connectivity index (χ0v) is 17.2. The van der Waals surface area contributed by atoms with E-state index < -0.39 is 14.0 Å². The van der Waals surface area contributed by atoms with Gasteiger partial charge in [-0.05, 0) is 18.2 Å². The summed E-state index contributed by atoms with van der Waals surface area (Å²) >= 11 is 0. The first kappa shape index (κ1) is 20.1. The number of carbonyl (C=O) groups excluding carboxylic acids is 2. The molecule has 1 aromatic heterocycles. The number of hydrogen-bond acceptors (Lipinski definition) is 6. The second-order valence-corrected chi connectivity index (χ2v) is 12.9. The number of ketones is 1. The monoisotopic (exact) mass is 378 g/mol. The number of hydrogen-bond donors (Lipinski definition) is 0. The quantitative estimate of drug-likeness (QED) is 0.303. The van der Waals surface area contributed by atoms with Crippen LogP contribution in [0.25, 0.3) is 10.9 Å². The molecule has 0 N–H and O–H groups in total. The molecule has 0 saturated carbocycles. The molecule has 0 fully saturated rings. The molecule has 8 heteroatoms. The Morgan fingerprint density at radius 1 is 1.19 bits per heavy atom. The highest BCUT2D eigenvalue weighted by Gasteiger charge is 2.24. The van der Waals surface area contributed by atoms with Crippen molar-refractivity contribution in [3.05, 3.63) is 23.4 Å². The van der Waals surface area contributed by atoms with Crippen molar-refractivity contribution in [2.45, 2.75) is 39.3 Å². The van der Waals surface area contributed by atoms with Crippen LogP contribution in [0.2, 0.25) is 25.7 Å². The van der Waals surface area contributed by atoms with E-state index >= 15 is 0 Å². The van der Waals surface area contributed by atoms with E-state index in [1.807, 2.05) is 0 Å². The third kappa shape index (κ3) is 4.31. The molecule has 0 saturated heterocycles. The van der Waals surface area contributed by atoms with Crippen LogP contribution in [0, 0.1) is 0 Å². The lowest BCUT2D eigenvalue weighted by Crippen LogP contribution is -2.22. The first-order valence-corrected chi connectivity index (χ1v) is 12.1. The van der Waals surface area contributed by atoms with Crippen molar-refractivity contribution in [3.63, 3.8) is 0 Å². The lowest BCUT2D eigenvalue weighted by Gasteiger charge is -2.15. The van der Waals surface area contributed by atoms with E-state index in [0.717, 1.165) is 6.04 Å². The summed E-state index contributed by atoms with van der Waals surface area (Å²) in [5.41, 5.74) is 1.01. The summed E-state index contributed by atoms with van der Waals surface area (Å²) in [7, 11) is 1.61. The van der Waals surface area contributed by atoms with Crippen LogP contribution in [0.4, 0.5) is 0 Å². The minimum absolute atomic E-state index is 0.137. The van der Waals surface area contributed by atoms with E-state index in [-0.39, 0.29) is 18.1 Å². The van der Waals surface area contributed by atoms with Gasteiger partial charge in [-0.3, -0.25) is 4.79 Å². The van der Waals surface area contributed by atoms with Crippen LogP contribution in [0.5, 0.6) is 5.75 Å². The highest BCUT2D eigenvalue weighted by atomic mass is 28.3. The van der Waals surface area contributed by atoms with E-state index in [9.17, 15) is 9.59 Å². The molecular formula is C18H26N2O5Si. The normalized spacial score (nSPS) is 11.6. The van der Waals surface area contributed by atoms with Crippen molar-refractivity contribution in [2.75, 3.05) is 20.8 Å². The summed E-state index contributed by atoms with van der Waals surface area (Å²) in [4.78, 5) is 24.3. The topological polar surface area (TPSA) is 79.7 Å². The number of rotatable bonds is 8.